The number of para-hydroxylation sites is 1. The summed E-state index contributed by atoms with van der Waals surface area (Å²) in [6, 6.07) is 10.3. The van der Waals surface area contributed by atoms with Crippen molar-refractivity contribution in [2.24, 2.45) is 0 Å². The minimum absolute atomic E-state index is 0.102. The fraction of sp³-hybridized carbons (Fsp3) is 0.118. The molecule has 0 radical (unpaired) electrons. The maximum Gasteiger partial charge on any atom is 0.389 e. The third kappa shape index (κ3) is 4.80. The largest absolute Gasteiger partial charge is 0.491 e. The van der Waals surface area contributed by atoms with E-state index in [1.807, 2.05) is 0 Å². The van der Waals surface area contributed by atoms with Gasteiger partial charge in [0.2, 0.25) is 0 Å². The average molecular weight is 363 g/mol. The molecule has 130 valence electrons. The number of anilines is 2. The number of halogens is 1. The Morgan fingerprint density at radius 3 is 2.40 bits per heavy atom. The molecule has 2 aromatic carbocycles. The highest BCUT2D eigenvalue weighted by Crippen LogP contribution is 2.36. The monoisotopic (exact) mass is 363 g/mol. The van der Waals surface area contributed by atoms with E-state index in [0.717, 1.165) is 4.90 Å². The minimum atomic E-state index is -2.13. The summed E-state index contributed by atoms with van der Waals surface area (Å²) in [4.78, 5) is 35.1. The molecule has 0 saturated carbocycles. The van der Waals surface area contributed by atoms with Crippen molar-refractivity contribution < 1.29 is 28.6 Å². The number of carboxylic acid groups (broad SMARTS) is 1. The summed E-state index contributed by atoms with van der Waals surface area (Å²) in [5.41, 5.74) is 0.360. The van der Waals surface area contributed by atoms with Gasteiger partial charge < -0.3 is 9.84 Å². The third-order valence-corrected chi connectivity index (χ3v) is 3.42. The average Bonchev–Trinajstić information content (AvgIpc) is 2.57. The summed E-state index contributed by atoms with van der Waals surface area (Å²) < 4.78 is 18.5. The summed E-state index contributed by atoms with van der Waals surface area (Å²) in [7, 11) is 0. The molecule has 2 rings (SSSR count). The van der Waals surface area contributed by atoms with Gasteiger partial charge >= 0.3 is 17.9 Å². The van der Waals surface area contributed by atoms with Gasteiger partial charge in [-0.05, 0) is 30.3 Å². The number of amides is 1. The van der Waals surface area contributed by atoms with Crippen molar-refractivity contribution in [2.75, 3.05) is 11.5 Å². The Hall–Kier alpha value is -2.87. The highest BCUT2D eigenvalue weighted by molar-refractivity contribution is 7.80. The van der Waals surface area contributed by atoms with Gasteiger partial charge in [-0.2, -0.15) is 4.39 Å². The molecule has 1 N–H and O–H groups in total. The number of ether oxygens (including phenoxy) is 1. The molecule has 0 atom stereocenters. The summed E-state index contributed by atoms with van der Waals surface area (Å²) in [5, 5.41) is 8.71. The van der Waals surface area contributed by atoms with Gasteiger partial charge in [0.05, 0.1) is 18.7 Å². The number of hydrogen-bond donors (Lipinski definition) is 2. The van der Waals surface area contributed by atoms with E-state index in [1.54, 1.807) is 18.2 Å². The van der Waals surface area contributed by atoms with Crippen LogP contribution in [0.4, 0.5) is 15.8 Å². The fourth-order valence-corrected chi connectivity index (χ4v) is 2.27. The van der Waals surface area contributed by atoms with Gasteiger partial charge in [0, 0.05) is 10.6 Å². The van der Waals surface area contributed by atoms with E-state index in [1.165, 1.54) is 30.3 Å². The van der Waals surface area contributed by atoms with Crippen LogP contribution in [0.2, 0.25) is 0 Å². The number of carbonyl (C=O) groups excluding carboxylic acids is 2. The Labute approximate surface area is 148 Å². The van der Waals surface area contributed by atoms with Crippen molar-refractivity contribution in [3.05, 3.63) is 48.5 Å². The summed E-state index contributed by atoms with van der Waals surface area (Å²) in [5.74, 6) is -2.34. The van der Waals surface area contributed by atoms with Gasteiger partial charge in [0.1, 0.15) is 5.75 Å². The Morgan fingerprint density at radius 1 is 1.12 bits per heavy atom. The molecule has 0 aromatic heterocycles. The van der Waals surface area contributed by atoms with Crippen LogP contribution in [0, 0.1) is 0 Å². The van der Waals surface area contributed by atoms with Crippen LogP contribution in [-0.4, -0.2) is 29.6 Å². The van der Waals surface area contributed by atoms with Gasteiger partial charge in [0.25, 0.3) is 0 Å². The predicted molar refractivity (Wildman–Crippen MR) is 91.1 cm³/mol. The predicted octanol–water partition coefficient (Wildman–Crippen LogP) is 2.99. The normalized spacial score (nSPS) is 10.2. The molecule has 0 aliphatic carbocycles. The van der Waals surface area contributed by atoms with Crippen molar-refractivity contribution >= 4 is 41.9 Å². The molecule has 0 fully saturated rings. The van der Waals surface area contributed by atoms with E-state index >= 15 is 0 Å². The van der Waals surface area contributed by atoms with Gasteiger partial charge in [-0.3, -0.25) is 14.5 Å². The van der Waals surface area contributed by atoms with E-state index < -0.39 is 17.9 Å². The highest BCUT2D eigenvalue weighted by Gasteiger charge is 2.27. The Kier molecular flexibility index (Phi) is 6.13. The van der Waals surface area contributed by atoms with Gasteiger partial charge in [0.15, 0.2) is 0 Å². The smallest absolute Gasteiger partial charge is 0.389 e. The standard InChI is InChI=1S/C17H14FNO5S/c18-16(22)17(23)19(11-4-2-1-3-5-11)13-7-6-12(25)10-14(13)24-9-8-15(20)21/h1-7,10,25H,8-9H2,(H,20,21). The van der Waals surface area contributed by atoms with Crippen molar-refractivity contribution in [3.63, 3.8) is 0 Å². The summed E-state index contributed by atoms with van der Waals surface area (Å²) in [6.07, 6.45) is -0.266. The molecular formula is C17H14FNO5S. The number of rotatable bonds is 7. The van der Waals surface area contributed by atoms with Crippen molar-refractivity contribution in [3.8, 4) is 5.75 Å². The zero-order valence-corrected chi connectivity index (χ0v) is 13.8. The molecule has 0 spiro atoms. The van der Waals surface area contributed by atoms with Crippen molar-refractivity contribution in [1.82, 2.24) is 0 Å². The molecule has 0 aliphatic rings. The van der Waals surface area contributed by atoms with Crippen molar-refractivity contribution in [1.29, 1.82) is 0 Å². The number of aliphatic carboxylic acids is 1. The molecule has 25 heavy (non-hydrogen) atoms. The van der Waals surface area contributed by atoms with Gasteiger partial charge in [-0.1, -0.05) is 18.2 Å². The Balaban J connectivity index is 2.47. The maximum absolute atomic E-state index is 13.1. The van der Waals surface area contributed by atoms with Crippen LogP contribution in [-0.2, 0) is 14.4 Å². The Bertz CT molecular complexity index is 797. The van der Waals surface area contributed by atoms with Gasteiger partial charge in [-0.15, -0.1) is 12.6 Å². The second-order valence-electron chi connectivity index (χ2n) is 4.89. The maximum atomic E-state index is 13.1. The molecule has 8 heteroatoms. The first kappa shape index (κ1) is 18.5. The number of thiol groups is 1. The lowest BCUT2D eigenvalue weighted by atomic mass is 10.2. The first-order chi connectivity index (χ1) is 11.9. The zero-order valence-electron chi connectivity index (χ0n) is 12.9. The number of carboxylic acids is 1. The molecule has 0 unspecified atom stereocenters. The molecule has 6 nitrogen and oxygen atoms in total. The van der Waals surface area contributed by atoms with Crippen LogP contribution in [0.3, 0.4) is 0 Å². The molecule has 1 amide bonds. The molecule has 0 bridgehead atoms. The topological polar surface area (TPSA) is 83.9 Å². The second-order valence-corrected chi connectivity index (χ2v) is 5.41. The highest BCUT2D eigenvalue weighted by atomic mass is 32.1. The van der Waals surface area contributed by atoms with Crippen LogP contribution in [0.15, 0.2) is 53.4 Å². The van der Waals surface area contributed by atoms with E-state index in [9.17, 15) is 18.8 Å². The van der Waals surface area contributed by atoms with Crippen LogP contribution < -0.4 is 9.64 Å². The second kappa shape index (κ2) is 8.29. The minimum Gasteiger partial charge on any atom is -0.491 e. The van der Waals surface area contributed by atoms with Crippen LogP contribution in [0.1, 0.15) is 6.42 Å². The zero-order chi connectivity index (χ0) is 18.4. The molecular weight excluding hydrogens is 349 g/mol. The first-order valence-electron chi connectivity index (χ1n) is 7.16. The molecule has 0 aliphatic heterocycles. The quantitative estimate of drug-likeness (QED) is 0.449. The molecule has 0 heterocycles. The van der Waals surface area contributed by atoms with E-state index in [4.69, 9.17) is 9.84 Å². The lowest BCUT2D eigenvalue weighted by Crippen LogP contribution is -2.31. The van der Waals surface area contributed by atoms with E-state index in [-0.39, 0.29) is 30.2 Å². The van der Waals surface area contributed by atoms with E-state index in [0.29, 0.717) is 4.90 Å². The van der Waals surface area contributed by atoms with Crippen LogP contribution >= 0.6 is 12.6 Å². The summed E-state index contributed by atoms with van der Waals surface area (Å²) in [6.45, 7) is -0.167. The number of hydrogen-bond acceptors (Lipinski definition) is 5. The molecule has 2 aromatic rings. The molecule has 0 saturated heterocycles. The Morgan fingerprint density at radius 2 is 1.80 bits per heavy atom. The SMILES string of the molecule is O=C(O)CCOc1cc(S)ccc1N(C(=O)C(=O)F)c1ccccc1. The summed E-state index contributed by atoms with van der Waals surface area (Å²) >= 11 is 4.17. The number of benzene rings is 2. The van der Waals surface area contributed by atoms with E-state index in [2.05, 4.69) is 12.6 Å². The third-order valence-electron chi connectivity index (χ3n) is 3.14. The van der Waals surface area contributed by atoms with Crippen LogP contribution in [0.5, 0.6) is 5.75 Å². The number of nitrogens with zero attached hydrogens (tertiary/aromatic N) is 1. The fourth-order valence-electron chi connectivity index (χ4n) is 2.08. The lowest BCUT2D eigenvalue weighted by molar-refractivity contribution is -0.142. The van der Waals surface area contributed by atoms with Gasteiger partial charge in [-0.25, -0.2) is 4.79 Å². The first-order valence-corrected chi connectivity index (χ1v) is 7.61. The van der Waals surface area contributed by atoms with Crippen LogP contribution in [0.25, 0.3) is 0 Å². The van der Waals surface area contributed by atoms with Crippen molar-refractivity contribution in [2.45, 2.75) is 11.3 Å². The number of carbonyl (C=O) groups is 3. The lowest BCUT2D eigenvalue weighted by Gasteiger charge is -2.23.